The zero-order valence-electron chi connectivity index (χ0n) is 6.78. The number of aromatic nitrogens is 1. The molecule has 0 atom stereocenters. The van der Waals surface area contributed by atoms with Crippen LogP contribution in [0.3, 0.4) is 0 Å². The molecule has 70 valence electrons. The van der Waals surface area contributed by atoms with Gasteiger partial charge in [-0.15, -0.1) is 0 Å². The number of nitrogens with zero attached hydrogens (tertiary/aromatic N) is 1. The van der Waals surface area contributed by atoms with Crippen molar-refractivity contribution in [3.8, 4) is 0 Å². The van der Waals surface area contributed by atoms with Crippen LogP contribution < -0.4 is 34.7 Å². The minimum atomic E-state index is -1.56. The summed E-state index contributed by atoms with van der Waals surface area (Å²) in [7, 11) is 0. The molecule has 1 heterocycles. The second kappa shape index (κ2) is 5.75. The Hall–Kier alpha value is 0.780. The molecule has 0 N–H and O–H groups in total. The molecule has 0 saturated heterocycles. The van der Waals surface area contributed by atoms with Gasteiger partial charge in [-0.2, -0.15) is 0 Å². The molecule has 0 aromatic carbocycles. The molecule has 0 radical (unpaired) electrons. The fourth-order valence-electron chi connectivity index (χ4n) is 0.622. The Morgan fingerprint density at radius 3 is 2.00 bits per heavy atom. The zero-order chi connectivity index (χ0) is 10.2. The molecule has 0 saturated carbocycles. The van der Waals surface area contributed by atoms with E-state index >= 15 is 0 Å². The topological polar surface area (TPSA) is 53.0 Å². The average Bonchev–Trinajstić information content (AvgIpc) is 2.07. The van der Waals surface area contributed by atoms with E-state index in [1.54, 1.807) is 0 Å². The largest absolute Gasteiger partial charge is 1.00 e. The van der Waals surface area contributed by atoms with E-state index in [1.165, 1.54) is 0 Å². The SMILES string of the molecule is O=C([O-])c1nc(Cl)c(Cl)c(Cl)c1Cl.[Na+]. The maximum atomic E-state index is 10.4. The van der Waals surface area contributed by atoms with Gasteiger partial charge >= 0.3 is 29.6 Å². The first-order valence-electron chi connectivity index (χ1n) is 2.86. The summed E-state index contributed by atoms with van der Waals surface area (Å²) >= 11 is 22.1. The summed E-state index contributed by atoms with van der Waals surface area (Å²) in [6.45, 7) is 0. The van der Waals surface area contributed by atoms with Crippen molar-refractivity contribution in [3.05, 3.63) is 25.9 Å². The van der Waals surface area contributed by atoms with Gasteiger partial charge in [-0.25, -0.2) is 4.98 Å². The van der Waals surface area contributed by atoms with Crippen LogP contribution >= 0.6 is 46.4 Å². The van der Waals surface area contributed by atoms with E-state index in [9.17, 15) is 9.90 Å². The van der Waals surface area contributed by atoms with Gasteiger partial charge in [-0.3, -0.25) is 0 Å². The van der Waals surface area contributed by atoms with Gasteiger partial charge in [0, 0.05) is 0 Å². The fourth-order valence-corrected chi connectivity index (χ4v) is 1.43. The van der Waals surface area contributed by atoms with Crippen LogP contribution in [0.1, 0.15) is 10.5 Å². The summed E-state index contributed by atoms with van der Waals surface area (Å²) in [5, 5.41) is 9.68. The Morgan fingerprint density at radius 1 is 1.07 bits per heavy atom. The number of hydrogen-bond donors (Lipinski definition) is 0. The van der Waals surface area contributed by atoms with E-state index < -0.39 is 11.7 Å². The first kappa shape index (κ1) is 14.8. The summed E-state index contributed by atoms with van der Waals surface area (Å²) in [4.78, 5) is 13.8. The van der Waals surface area contributed by atoms with Crippen LogP contribution in [0.25, 0.3) is 0 Å². The third kappa shape index (κ3) is 2.89. The van der Waals surface area contributed by atoms with Crippen molar-refractivity contribution in [1.29, 1.82) is 0 Å². The zero-order valence-corrected chi connectivity index (χ0v) is 11.8. The van der Waals surface area contributed by atoms with Crippen molar-refractivity contribution < 1.29 is 39.5 Å². The monoisotopic (exact) mass is 281 g/mol. The van der Waals surface area contributed by atoms with Crippen LogP contribution in [0, 0.1) is 0 Å². The summed E-state index contributed by atoms with van der Waals surface area (Å²) in [6, 6.07) is 0. The first-order chi connectivity index (χ1) is 5.95. The summed E-state index contributed by atoms with van der Waals surface area (Å²) < 4.78 is 0. The standard InChI is InChI=1S/C6HCl4NO2.Na/c7-1-2(8)4(6(12)13)11-5(10)3(1)9;/h(H,12,13);/q;+1/p-1. The quantitative estimate of drug-likeness (QED) is 0.494. The molecule has 1 rings (SSSR count). The molecule has 0 aliphatic heterocycles. The van der Waals surface area contributed by atoms with E-state index in [2.05, 4.69) is 4.98 Å². The maximum absolute atomic E-state index is 10.4. The van der Waals surface area contributed by atoms with Crippen LogP contribution in [-0.2, 0) is 0 Å². The summed E-state index contributed by atoms with van der Waals surface area (Å²) in [5.74, 6) is -1.56. The Kier molecular flexibility index (Phi) is 6.07. The van der Waals surface area contributed by atoms with Gasteiger partial charge in [0.05, 0.1) is 21.0 Å². The van der Waals surface area contributed by atoms with Crippen molar-refractivity contribution >= 4 is 52.4 Å². The molecule has 0 aliphatic rings. The molecule has 3 nitrogen and oxygen atoms in total. The minimum absolute atomic E-state index is 0. The fraction of sp³-hybridized carbons (Fsp3) is 0. The van der Waals surface area contributed by atoms with Gasteiger partial charge in [0.25, 0.3) is 0 Å². The summed E-state index contributed by atoms with van der Waals surface area (Å²) in [6.07, 6.45) is 0. The molecule has 0 aliphatic carbocycles. The summed E-state index contributed by atoms with van der Waals surface area (Å²) in [5.41, 5.74) is -0.527. The predicted octanol–water partition coefficient (Wildman–Crippen LogP) is -0.937. The van der Waals surface area contributed by atoms with Crippen molar-refractivity contribution in [1.82, 2.24) is 4.98 Å². The average molecular weight is 283 g/mol. The smallest absolute Gasteiger partial charge is 0.543 e. The molecule has 1 aromatic rings. The van der Waals surface area contributed by atoms with E-state index in [0.29, 0.717) is 0 Å². The van der Waals surface area contributed by atoms with Crippen LogP contribution in [-0.4, -0.2) is 11.0 Å². The van der Waals surface area contributed by atoms with E-state index in [0.717, 1.165) is 0 Å². The van der Waals surface area contributed by atoms with E-state index in [4.69, 9.17) is 46.4 Å². The van der Waals surface area contributed by atoms with E-state index in [1.807, 2.05) is 0 Å². The van der Waals surface area contributed by atoms with Crippen molar-refractivity contribution in [2.45, 2.75) is 0 Å². The van der Waals surface area contributed by atoms with Gasteiger partial charge in [0.15, 0.2) is 0 Å². The number of carboxylic acid groups (broad SMARTS) is 1. The molecular weight excluding hydrogens is 283 g/mol. The number of halogens is 4. The van der Waals surface area contributed by atoms with Gasteiger partial charge < -0.3 is 9.90 Å². The minimum Gasteiger partial charge on any atom is -0.543 e. The van der Waals surface area contributed by atoms with Crippen LogP contribution in [0.15, 0.2) is 0 Å². The number of hydrogen-bond acceptors (Lipinski definition) is 3. The Labute approximate surface area is 122 Å². The van der Waals surface area contributed by atoms with Crippen LogP contribution in [0.5, 0.6) is 0 Å². The number of pyridine rings is 1. The Balaban J connectivity index is 0.00000169. The van der Waals surface area contributed by atoms with Crippen molar-refractivity contribution in [2.75, 3.05) is 0 Å². The molecule has 0 amide bonds. The molecule has 0 unspecified atom stereocenters. The van der Waals surface area contributed by atoms with Crippen LogP contribution in [0.4, 0.5) is 0 Å². The molecule has 8 heteroatoms. The number of carboxylic acids is 1. The Morgan fingerprint density at radius 2 is 1.57 bits per heavy atom. The van der Waals surface area contributed by atoms with Gasteiger partial charge in [-0.05, 0) is 0 Å². The van der Waals surface area contributed by atoms with Gasteiger partial charge in [0.2, 0.25) is 0 Å². The predicted molar refractivity (Wildman–Crippen MR) is 48.6 cm³/mol. The molecule has 0 fully saturated rings. The molecule has 0 spiro atoms. The number of rotatable bonds is 1. The molecule has 0 bridgehead atoms. The van der Waals surface area contributed by atoms with Crippen LogP contribution in [0.2, 0.25) is 20.2 Å². The van der Waals surface area contributed by atoms with E-state index in [-0.39, 0.29) is 49.8 Å². The van der Waals surface area contributed by atoms with Crippen molar-refractivity contribution in [3.63, 3.8) is 0 Å². The normalized spacial score (nSPS) is 9.43. The molecule has 1 aromatic heterocycles. The van der Waals surface area contributed by atoms with Gasteiger partial charge in [-0.1, -0.05) is 46.4 Å². The number of carbonyl (C=O) groups is 1. The molecular formula is C6Cl4NNaO2. The maximum Gasteiger partial charge on any atom is 1.00 e. The van der Waals surface area contributed by atoms with Crippen molar-refractivity contribution in [2.24, 2.45) is 0 Å². The third-order valence-corrected chi connectivity index (χ3v) is 2.86. The first-order valence-corrected chi connectivity index (χ1v) is 4.37. The second-order valence-electron chi connectivity index (χ2n) is 1.98. The third-order valence-electron chi connectivity index (χ3n) is 1.18. The second-order valence-corrected chi connectivity index (χ2v) is 3.47. The Bertz CT molecular complexity index is 385. The van der Waals surface area contributed by atoms with Gasteiger partial charge in [0.1, 0.15) is 10.8 Å². The number of carbonyl (C=O) groups excluding carboxylic acids is 1. The number of aromatic carboxylic acids is 1. The molecule has 14 heavy (non-hydrogen) atoms.